The van der Waals surface area contributed by atoms with Crippen LogP contribution in [-0.4, -0.2) is 4.57 Å². The van der Waals surface area contributed by atoms with Gasteiger partial charge in [0.1, 0.15) is 0 Å². The number of nitrogens with zero attached hydrogens (tertiary/aromatic N) is 1. The van der Waals surface area contributed by atoms with E-state index in [2.05, 4.69) is 49.9 Å². The van der Waals surface area contributed by atoms with Gasteiger partial charge in [-0.2, -0.15) is 0 Å². The van der Waals surface area contributed by atoms with Gasteiger partial charge in [0.25, 0.3) is 0 Å². The third-order valence-electron chi connectivity index (χ3n) is 1.85. The van der Waals surface area contributed by atoms with Gasteiger partial charge in [-0.25, -0.2) is 0 Å². The Bertz CT molecular complexity index is 330. The molecular formula is C10H15N. The van der Waals surface area contributed by atoms with E-state index >= 15 is 0 Å². The molecule has 0 fully saturated rings. The Hall–Kier alpha value is -0.980. The molecule has 1 aromatic heterocycles. The lowest BCUT2D eigenvalue weighted by Gasteiger charge is -1.87. The Balaban J connectivity index is 3.40. The van der Waals surface area contributed by atoms with E-state index in [1.807, 2.05) is 0 Å². The quantitative estimate of drug-likeness (QED) is 0.562. The Morgan fingerprint density at radius 1 is 1.55 bits per heavy atom. The Kier molecular flexibility index (Phi) is 2.53. The summed E-state index contributed by atoms with van der Waals surface area (Å²) < 4.78 is 2.14. The predicted octanol–water partition coefficient (Wildman–Crippen LogP) is 1.02. The molecule has 0 radical (unpaired) electrons. The fourth-order valence-corrected chi connectivity index (χ4v) is 1.32. The van der Waals surface area contributed by atoms with Gasteiger partial charge in [-0.05, 0) is 24.6 Å². The van der Waals surface area contributed by atoms with E-state index in [1.54, 1.807) is 0 Å². The lowest BCUT2D eigenvalue weighted by molar-refractivity contribution is 0.887. The van der Waals surface area contributed by atoms with Crippen molar-refractivity contribution in [3.63, 3.8) is 0 Å². The van der Waals surface area contributed by atoms with Crippen LogP contribution < -0.4 is 10.6 Å². The van der Waals surface area contributed by atoms with Crippen molar-refractivity contribution >= 4 is 12.2 Å². The highest BCUT2D eigenvalue weighted by atomic mass is 14.9. The van der Waals surface area contributed by atoms with E-state index in [1.165, 1.54) is 10.6 Å². The third kappa shape index (κ3) is 1.53. The second-order valence-corrected chi connectivity index (χ2v) is 2.67. The largest absolute Gasteiger partial charge is 0.351 e. The first-order valence-electron chi connectivity index (χ1n) is 4.07. The molecule has 11 heavy (non-hydrogen) atoms. The maximum atomic E-state index is 2.25. The minimum Gasteiger partial charge on any atom is -0.351 e. The van der Waals surface area contributed by atoms with Crippen molar-refractivity contribution < 1.29 is 0 Å². The molecule has 0 amide bonds. The molecule has 1 aromatic rings. The van der Waals surface area contributed by atoms with E-state index in [9.17, 15) is 0 Å². The summed E-state index contributed by atoms with van der Waals surface area (Å²) >= 11 is 0. The standard InChI is InChI=1S/C10H15N/c1-4-6-9-7-8-11(3)10(9)5-2/h5-8H,4H2,1-3H3/b9-6-,10-5+. The van der Waals surface area contributed by atoms with Crippen LogP contribution >= 0.6 is 0 Å². The first-order valence-corrected chi connectivity index (χ1v) is 4.07. The SMILES string of the molecule is C/C=c1\c(=C/CC)ccn1C. The van der Waals surface area contributed by atoms with Gasteiger partial charge in [-0.15, -0.1) is 0 Å². The summed E-state index contributed by atoms with van der Waals surface area (Å²) in [6.45, 7) is 4.23. The molecule has 1 rings (SSSR count). The van der Waals surface area contributed by atoms with Crippen LogP contribution in [0.25, 0.3) is 12.2 Å². The van der Waals surface area contributed by atoms with Crippen molar-refractivity contribution in [1.82, 2.24) is 4.57 Å². The summed E-state index contributed by atoms with van der Waals surface area (Å²) in [5.74, 6) is 0. The zero-order chi connectivity index (χ0) is 8.27. The molecule has 0 aromatic carbocycles. The lowest BCUT2D eigenvalue weighted by atomic mass is 10.3. The van der Waals surface area contributed by atoms with E-state index in [0.29, 0.717) is 0 Å². The summed E-state index contributed by atoms with van der Waals surface area (Å²) in [5.41, 5.74) is 0. The van der Waals surface area contributed by atoms with Crippen LogP contribution in [0.15, 0.2) is 12.3 Å². The fourth-order valence-electron chi connectivity index (χ4n) is 1.32. The minimum atomic E-state index is 1.10. The van der Waals surface area contributed by atoms with Gasteiger partial charge in [0.15, 0.2) is 0 Å². The van der Waals surface area contributed by atoms with Crippen LogP contribution in [0.5, 0.6) is 0 Å². The van der Waals surface area contributed by atoms with Crippen molar-refractivity contribution in [3.05, 3.63) is 22.8 Å². The summed E-state index contributed by atoms with van der Waals surface area (Å²) in [6.07, 6.45) is 7.58. The van der Waals surface area contributed by atoms with E-state index in [4.69, 9.17) is 0 Å². The van der Waals surface area contributed by atoms with E-state index in [-0.39, 0.29) is 0 Å². The highest BCUT2D eigenvalue weighted by Gasteiger charge is 1.86. The topological polar surface area (TPSA) is 4.93 Å². The highest BCUT2D eigenvalue weighted by molar-refractivity contribution is 5.27. The van der Waals surface area contributed by atoms with Gasteiger partial charge >= 0.3 is 0 Å². The first-order chi connectivity index (χ1) is 5.29. The summed E-state index contributed by atoms with van der Waals surface area (Å²) in [6, 6.07) is 2.15. The first kappa shape index (κ1) is 8.12. The Morgan fingerprint density at radius 2 is 2.27 bits per heavy atom. The molecule has 0 saturated heterocycles. The smallest absolute Gasteiger partial charge is 0.0431 e. The van der Waals surface area contributed by atoms with Crippen LogP contribution in [0.4, 0.5) is 0 Å². The molecule has 0 atom stereocenters. The Labute approximate surface area is 67.7 Å². The van der Waals surface area contributed by atoms with Crippen molar-refractivity contribution in [3.8, 4) is 0 Å². The average Bonchev–Trinajstić information content (AvgIpc) is 2.33. The van der Waals surface area contributed by atoms with Crippen LogP contribution in [0.3, 0.4) is 0 Å². The zero-order valence-corrected chi connectivity index (χ0v) is 7.46. The monoisotopic (exact) mass is 149 g/mol. The molecule has 1 heterocycles. The maximum absolute atomic E-state index is 2.25. The van der Waals surface area contributed by atoms with Gasteiger partial charge < -0.3 is 4.57 Å². The molecule has 60 valence electrons. The van der Waals surface area contributed by atoms with Crippen LogP contribution in [0, 0.1) is 0 Å². The minimum absolute atomic E-state index is 1.10. The summed E-state index contributed by atoms with van der Waals surface area (Å²) in [5, 5.41) is 2.66. The highest BCUT2D eigenvalue weighted by Crippen LogP contribution is 1.76. The van der Waals surface area contributed by atoms with Gasteiger partial charge in [0.2, 0.25) is 0 Å². The number of hydrogen-bond donors (Lipinski definition) is 0. The molecule has 0 unspecified atom stereocenters. The molecule has 0 spiro atoms. The fraction of sp³-hybridized carbons (Fsp3) is 0.400. The van der Waals surface area contributed by atoms with Crippen LogP contribution in [0.2, 0.25) is 0 Å². The molecule has 0 saturated carbocycles. The van der Waals surface area contributed by atoms with Crippen molar-refractivity contribution in [2.75, 3.05) is 0 Å². The van der Waals surface area contributed by atoms with Crippen molar-refractivity contribution in [1.29, 1.82) is 0 Å². The second kappa shape index (κ2) is 3.42. The average molecular weight is 149 g/mol. The molecule has 0 aliphatic carbocycles. The molecular weight excluding hydrogens is 134 g/mol. The van der Waals surface area contributed by atoms with Gasteiger partial charge in [0, 0.05) is 18.6 Å². The second-order valence-electron chi connectivity index (χ2n) is 2.67. The van der Waals surface area contributed by atoms with Gasteiger partial charge in [-0.3, -0.25) is 0 Å². The number of aryl methyl sites for hydroxylation is 1. The number of hydrogen-bond acceptors (Lipinski definition) is 0. The number of rotatable bonds is 1. The molecule has 0 aliphatic heterocycles. The molecule has 0 N–H and O–H groups in total. The van der Waals surface area contributed by atoms with Crippen molar-refractivity contribution in [2.45, 2.75) is 20.3 Å². The molecule has 0 aliphatic rings. The predicted molar refractivity (Wildman–Crippen MR) is 49.6 cm³/mol. The van der Waals surface area contributed by atoms with E-state index < -0.39 is 0 Å². The Morgan fingerprint density at radius 3 is 2.82 bits per heavy atom. The molecule has 0 bridgehead atoms. The summed E-state index contributed by atoms with van der Waals surface area (Å²) in [7, 11) is 2.07. The maximum Gasteiger partial charge on any atom is 0.0431 e. The summed E-state index contributed by atoms with van der Waals surface area (Å²) in [4.78, 5) is 0. The zero-order valence-electron chi connectivity index (χ0n) is 7.46. The lowest BCUT2D eigenvalue weighted by Crippen LogP contribution is -2.26. The number of aromatic nitrogens is 1. The normalized spacial score (nSPS) is 14.5. The van der Waals surface area contributed by atoms with Gasteiger partial charge in [0.05, 0.1) is 0 Å². The third-order valence-corrected chi connectivity index (χ3v) is 1.85. The van der Waals surface area contributed by atoms with Gasteiger partial charge in [-0.1, -0.05) is 19.1 Å². The van der Waals surface area contributed by atoms with Crippen molar-refractivity contribution in [2.24, 2.45) is 7.05 Å². The molecule has 1 heteroatoms. The van der Waals surface area contributed by atoms with E-state index in [0.717, 1.165) is 6.42 Å². The van der Waals surface area contributed by atoms with Crippen LogP contribution in [0.1, 0.15) is 20.3 Å². The molecule has 1 nitrogen and oxygen atoms in total. The van der Waals surface area contributed by atoms with Crippen LogP contribution in [-0.2, 0) is 7.05 Å².